The molecule has 3 aromatic carbocycles. The molecule has 0 spiro atoms. The minimum absolute atomic E-state index is 0.0187. The first-order valence-corrected chi connectivity index (χ1v) is 15.6. The van der Waals surface area contributed by atoms with Gasteiger partial charge in [0.15, 0.2) is 11.5 Å². The molecule has 0 aliphatic heterocycles. The molecule has 1 N–H and O–H groups in total. The number of nitrogens with one attached hydrogen (secondary N) is 1. The molecule has 0 heterocycles. The average molecular weight is 653 g/mol. The Balaban J connectivity index is 2.11. The van der Waals surface area contributed by atoms with Gasteiger partial charge in [-0.2, -0.15) is 0 Å². The van der Waals surface area contributed by atoms with Gasteiger partial charge in [0.05, 0.1) is 41.5 Å². The molecule has 0 aliphatic rings. The molecule has 0 fully saturated rings. The Morgan fingerprint density at radius 3 is 2.14 bits per heavy atom. The zero-order chi connectivity index (χ0) is 31.7. The Morgan fingerprint density at radius 1 is 0.907 bits per heavy atom. The molecule has 3 aromatic rings. The molecular formula is C30H35Cl2N3O7S. The van der Waals surface area contributed by atoms with Crippen LogP contribution in [0.3, 0.4) is 0 Å². The Kier molecular flexibility index (Phi) is 11.9. The highest BCUT2D eigenvalue weighted by Crippen LogP contribution is 2.33. The summed E-state index contributed by atoms with van der Waals surface area (Å²) in [5.41, 5.74) is 0.828. The number of amides is 2. The van der Waals surface area contributed by atoms with Gasteiger partial charge in [0.2, 0.25) is 11.8 Å². The van der Waals surface area contributed by atoms with E-state index >= 15 is 0 Å². The lowest BCUT2D eigenvalue weighted by molar-refractivity contribution is -0.140. The summed E-state index contributed by atoms with van der Waals surface area (Å²) in [7, 11) is -0.0299. The van der Waals surface area contributed by atoms with Gasteiger partial charge in [0.25, 0.3) is 10.0 Å². The summed E-state index contributed by atoms with van der Waals surface area (Å²) in [6, 6.07) is 14.5. The van der Waals surface area contributed by atoms with Crippen molar-refractivity contribution < 1.29 is 32.2 Å². The van der Waals surface area contributed by atoms with Gasteiger partial charge in [0, 0.05) is 19.7 Å². The number of likely N-dealkylation sites (N-methyl/N-ethyl adjacent to an activating group) is 1. The number of rotatable bonds is 14. The first-order chi connectivity index (χ1) is 20.5. The third-order valence-corrected chi connectivity index (χ3v) is 9.14. The van der Waals surface area contributed by atoms with E-state index in [9.17, 15) is 18.0 Å². The van der Waals surface area contributed by atoms with E-state index in [2.05, 4.69) is 5.32 Å². The maximum absolute atomic E-state index is 14.2. The van der Waals surface area contributed by atoms with Gasteiger partial charge in [-0.15, -0.1) is 0 Å². The molecule has 0 bridgehead atoms. The molecule has 3 rings (SSSR count). The van der Waals surface area contributed by atoms with Gasteiger partial charge in [-0.25, -0.2) is 8.42 Å². The summed E-state index contributed by atoms with van der Waals surface area (Å²) in [6.45, 7) is 3.39. The highest BCUT2D eigenvalue weighted by Gasteiger charge is 2.34. The summed E-state index contributed by atoms with van der Waals surface area (Å²) >= 11 is 12.3. The van der Waals surface area contributed by atoms with Gasteiger partial charge < -0.3 is 24.4 Å². The minimum Gasteiger partial charge on any atom is -0.494 e. The van der Waals surface area contributed by atoms with Crippen LogP contribution in [0.1, 0.15) is 25.8 Å². The van der Waals surface area contributed by atoms with E-state index in [-0.39, 0.29) is 34.3 Å². The number of benzene rings is 3. The van der Waals surface area contributed by atoms with E-state index in [4.69, 9.17) is 37.4 Å². The maximum Gasteiger partial charge on any atom is 0.264 e. The lowest BCUT2D eigenvalue weighted by Gasteiger charge is -2.33. The number of carbonyl (C=O) groups is 2. The second kappa shape index (κ2) is 15.2. The topological polar surface area (TPSA) is 114 Å². The van der Waals surface area contributed by atoms with Gasteiger partial charge >= 0.3 is 0 Å². The van der Waals surface area contributed by atoms with Crippen LogP contribution in [-0.2, 0) is 26.2 Å². The Bertz CT molecular complexity index is 1540. The number of methoxy groups -OCH3 is 2. The normalized spacial score (nSPS) is 11.8. The van der Waals surface area contributed by atoms with E-state index in [1.54, 1.807) is 49.4 Å². The lowest BCUT2D eigenvalue weighted by Crippen LogP contribution is -2.51. The van der Waals surface area contributed by atoms with Gasteiger partial charge in [-0.1, -0.05) is 36.2 Å². The van der Waals surface area contributed by atoms with Gasteiger partial charge in [0.1, 0.15) is 18.3 Å². The number of halogens is 2. The van der Waals surface area contributed by atoms with Crippen molar-refractivity contribution >= 4 is 50.7 Å². The first kappa shape index (κ1) is 33.8. The van der Waals surface area contributed by atoms with Crippen molar-refractivity contribution in [3.63, 3.8) is 0 Å². The van der Waals surface area contributed by atoms with Crippen molar-refractivity contribution in [2.45, 2.75) is 37.8 Å². The molecule has 0 saturated heterocycles. The zero-order valence-corrected chi connectivity index (χ0v) is 26.9. The summed E-state index contributed by atoms with van der Waals surface area (Å²) in [6.07, 6.45) is 0.276. The number of ether oxygens (including phenoxy) is 3. The van der Waals surface area contributed by atoms with Crippen LogP contribution in [0, 0.1) is 0 Å². The van der Waals surface area contributed by atoms with Crippen LogP contribution in [0.5, 0.6) is 17.2 Å². The molecule has 43 heavy (non-hydrogen) atoms. The quantitative estimate of drug-likeness (QED) is 0.256. The molecular weight excluding hydrogens is 617 g/mol. The molecule has 232 valence electrons. The maximum atomic E-state index is 14.2. The second-order valence-electron chi connectivity index (χ2n) is 9.26. The van der Waals surface area contributed by atoms with Crippen molar-refractivity contribution in [2.75, 3.05) is 38.7 Å². The van der Waals surface area contributed by atoms with Gasteiger partial charge in [-0.05, 0) is 67.4 Å². The fraction of sp³-hybridized carbons (Fsp3) is 0.333. The van der Waals surface area contributed by atoms with Crippen molar-refractivity contribution in [1.82, 2.24) is 10.2 Å². The number of nitrogens with zero attached hydrogens (tertiary/aromatic N) is 2. The monoisotopic (exact) mass is 651 g/mol. The predicted octanol–water partition coefficient (Wildman–Crippen LogP) is 5.16. The lowest BCUT2D eigenvalue weighted by atomic mass is 10.1. The molecule has 13 heteroatoms. The number of anilines is 1. The van der Waals surface area contributed by atoms with E-state index < -0.39 is 34.4 Å². The number of hydrogen-bond acceptors (Lipinski definition) is 7. The van der Waals surface area contributed by atoms with Crippen LogP contribution in [0.25, 0.3) is 0 Å². The summed E-state index contributed by atoms with van der Waals surface area (Å²) in [5.74, 6) is 0.0708. The van der Waals surface area contributed by atoms with Crippen LogP contribution in [0.2, 0.25) is 10.0 Å². The van der Waals surface area contributed by atoms with Crippen LogP contribution in [-0.4, -0.2) is 65.6 Å². The second-order valence-corrected chi connectivity index (χ2v) is 11.9. The van der Waals surface area contributed by atoms with Crippen LogP contribution < -0.4 is 23.8 Å². The summed E-state index contributed by atoms with van der Waals surface area (Å²) in [5, 5.41) is 3.21. The highest BCUT2D eigenvalue weighted by atomic mass is 35.5. The predicted molar refractivity (Wildman–Crippen MR) is 167 cm³/mol. The SMILES string of the molecule is CCOc1ccc(N(CC(=O)N(Cc2ccc(Cl)c(Cl)c2)C(CC)C(=O)NC)S(=O)(=O)c2ccc(OC)c(OC)c2)cc1. The van der Waals surface area contributed by atoms with Crippen molar-refractivity contribution in [3.8, 4) is 17.2 Å². The Labute approximate surface area is 262 Å². The Morgan fingerprint density at radius 2 is 1.58 bits per heavy atom. The van der Waals surface area contributed by atoms with Crippen molar-refractivity contribution in [2.24, 2.45) is 0 Å². The van der Waals surface area contributed by atoms with Crippen LogP contribution >= 0.6 is 23.2 Å². The van der Waals surface area contributed by atoms with Crippen LogP contribution in [0.15, 0.2) is 65.6 Å². The first-order valence-electron chi connectivity index (χ1n) is 13.4. The zero-order valence-electron chi connectivity index (χ0n) is 24.6. The number of hydrogen-bond donors (Lipinski definition) is 1. The molecule has 10 nitrogen and oxygen atoms in total. The molecule has 0 radical (unpaired) electrons. The Hall–Kier alpha value is -3.67. The van der Waals surface area contributed by atoms with Crippen molar-refractivity contribution in [3.05, 3.63) is 76.3 Å². The molecule has 0 aliphatic carbocycles. The summed E-state index contributed by atoms with van der Waals surface area (Å²) in [4.78, 5) is 28.2. The number of sulfonamides is 1. The third kappa shape index (κ3) is 8.04. The molecule has 0 saturated carbocycles. The standard InChI is InChI=1S/C30H35Cl2N3O7S/c1-6-26(30(37)33-3)34(18-20-8-14-24(31)25(32)16-20)29(36)19-35(21-9-11-22(12-10-21)42-7-2)43(38,39)23-13-15-27(40-4)28(17-23)41-5/h8-17,26H,6-7,18-19H2,1-5H3,(H,33,37). The van der Waals surface area contributed by atoms with E-state index in [0.29, 0.717) is 28.7 Å². The molecule has 0 aromatic heterocycles. The average Bonchev–Trinajstić information content (AvgIpc) is 3.01. The number of carbonyl (C=O) groups excluding carboxylic acids is 2. The molecule has 2 amide bonds. The largest absolute Gasteiger partial charge is 0.494 e. The smallest absolute Gasteiger partial charge is 0.264 e. The van der Waals surface area contributed by atoms with Gasteiger partial charge in [-0.3, -0.25) is 13.9 Å². The minimum atomic E-state index is -4.34. The van der Waals surface area contributed by atoms with E-state index in [1.165, 1.54) is 44.4 Å². The fourth-order valence-corrected chi connectivity index (χ4v) is 6.18. The highest BCUT2D eigenvalue weighted by molar-refractivity contribution is 7.92. The van der Waals surface area contributed by atoms with E-state index in [1.807, 2.05) is 6.92 Å². The molecule has 1 unspecified atom stereocenters. The third-order valence-electron chi connectivity index (χ3n) is 6.63. The molecule has 1 atom stereocenters. The van der Waals surface area contributed by atoms with E-state index in [0.717, 1.165) is 4.31 Å². The van der Waals surface area contributed by atoms with Crippen LogP contribution in [0.4, 0.5) is 5.69 Å². The summed E-state index contributed by atoms with van der Waals surface area (Å²) < 4.78 is 45.4. The van der Waals surface area contributed by atoms with Crippen molar-refractivity contribution in [1.29, 1.82) is 0 Å². The fourth-order valence-electron chi connectivity index (χ4n) is 4.43.